The molecule has 82 valence electrons. The lowest BCUT2D eigenvalue weighted by atomic mass is 10.1. The predicted octanol–water partition coefficient (Wildman–Crippen LogP) is 2.60. The number of hydrogen-bond acceptors (Lipinski definition) is 3. The molecule has 0 amide bonds. The van der Waals surface area contributed by atoms with Gasteiger partial charge in [-0.05, 0) is 19.4 Å². The molecule has 3 nitrogen and oxygen atoms in total. The van der Waals surface area contributed by atoms with Gasteiger partial charge in [-0.25, -0.2) is 9.97 Å². The topological polar surface area (TPSA) is 51.8 Å². The fourth-order valence-electron chi connectivity index (χ4n) is 1.61. The molecule has 3 heteroatoms. The van der Waals surface area contributed by atoms with Gasteiger partial charge in [0.25, 0.3) is 0 Å². The van der Waals surface area contributed by atoms with Gasteiger partial charge < -0.3 is 5.73 Å². The van der Waals surface area contributed by atoms with Gasteiger partial charge >= 0.3 is 0 Å². The quantitative estimate of drug-likeness (QED) is 0.834. The molecule has 0 unspecified atom stereocenters. The van der Waals surface area contributed by atoms with E-state index in [1.807, 2.05) is 18.2 Å². The zero-order valence-electron chi connectivity index (χ0n) is 9.57. The Hall–Kier alpha value is -1.90. The maximum atomic E-state index is 5.76. The average Bonchev–Trinajstić information content (AvgIpc) is 2.28. The molecule has 2 rings (SSSR count). The highest BCUT2D eigenvalue weighted by Gasteiger charge is 2.04. The Morgan fingerprint density at radius 1 is 1.19 bits per heavy atom. The van der Waals surface area contributed by atoms with Crippen LogP contribution in [0.3, 0.4) is 0 Å². The molecule has 16 heavy (non-hydrogen) atoms. The van der Waals surface area contributed by atoms with E-state index in [0.29, 0.717) is 11.6 Å². The van der Waals surface area contributed by atoms with Crippen LogP contribution in [0.5, 0.6) is 0 Å². The number of benzene rings is 1. The molecule has 0 fully saturated rings. The second-order valence-electron chi connectivity index (χ2n) is 3.83. The van der Waals surface area contributed by atoms with Gasteiger partial charge in [0.2, 0.25) is 0 Å². The molecule has 0 bridgehead atoms. The van der Waals surface area contributed by atoms with E-state index in [-0.39, 0.29) is 0 Å². The highest BCUT2D eigenvalue weighted by atomic mass is 14.9. The third-order valence-electron chi connectivity index (χ3n) is 2.44. The summed E-state index contributed by atoms with van der Waals surface area (Å²) in [6.45, 7) is 4.11. The molecule has 0 spiro atoms. The van der Waals surface area contributed by atoms with Gasteiger partial charge in [-0.1, -0.05) is 30.7 Å². The third kappa shape index (κ3) is 2.19. The first-order valence-corrected chi connectivity index (χ1v) is 5.39. The van der Waals surface area contributed by atoms with E-state index in [0.717, 1.165) is 17.7 Å². The minimum atomic E-state index is 0.531. The highest BCUT2D eigenvalue weighted by molar-refractivity contribution is 5.57. The van der Waals surface area contributed by atoms with Crippen LogP contribution in [0.2, 0.25) is 0 Å². The van der Waals surface area contributed by atoms with Crippen LogP contribution in [-0.4, -0.2) is 9.97 Å². The van der Waals surface area contributed by atoms with Gasteiger partial charge in [-0.2, -0.15) is 0 Å². The Labute approximate surface area is 95.4 Å². The van der Waals surface area contributed by atoms with Crippen molar-refractivity contribution in [2.24, 2.45) is 0 Å². The first kappa shape index (κ1) is 10.6. The van der Waals surface area contributed by atoms with Crippen LogP contribution < -0.4 is 5.73 Å². The second kappa shape index (κ2) is 4.31. The fourth-order valence-corrected chi connectivity index (χ4v) is 1.61. The third-order valence-corrected chi connectivity index (χ3v) is 2.44. The molecule has 0 saturated carbocycles. The van der Waals surface area contributed by atoms with Crippen molar-refractivity contribution in [2.75, 3.05) is 5.73 Å². The molecular formula is C13H15N3. The van der Waals surface area contributed by atoms with Gasteiger partial charge in [0.05, 0.1) is 0 Å². The first-order chi connectivity index (χ1) is 7.69. The molecular weight excluding hydrogens is 198 g/mol. The number of aryl methyl sites for hydroxylation is 2. The number of rotatable bonds is 2. The molecule has 0 saturated heterocycles. The van der Waals surface area contributed by atoms with E-state index in [9.17, 15) is 0 Å². The molecule has 0 aliphatic heterocycles. The second-order valence-corrected chi connectivity index (χ2v) is 3.83. The van der Waals surface area contributed by atoms with E-state index < -0.39 is 0 Å². The van der Waals surface area contributed by atoms with E-state index in [2.05, 4.69) is 35.9 Å². The summed E-state index contributed by atoms with van der Waals surface area (Å²) in [7, 11) is 0. The van der Waals surface area contributed by atoms with Crippen molar-refractivity contribution in [1.82, 2.24) is 9.97 Å². The molecule has 1 heterocycles. The van der Waals surface area contributed by atoms with Gasteiger partial charge in [-0.3, -0.25) is 0 Å². The number of nitrogen functional groups attached to an aromatic ring is 1. The lowest BCUT2D eigenvalue weighted by molar-refractivity contribution is 1.01. The molecule has 0 radical (unpaired) electrons. The molecule has 0 atom stereocenters. The Morgan fingerprint density at radius 3 is 2.69 bits per heavy atom. The minimum Gasteiger partial charge on any atom is -0.384 e. The van der Waals surface area contributed by atoms with E-state index in [1.54, 1.807) is 0 Å². The Morgan fingerprint density at radius 2 is 2.00 bits per heavy atom. The Kier molecular flexibility index (Phi) is 2.86. The standard InChI is InChI=1S/C13H15N3/c1-3-11-8-12(14)16-13(15-11)10-6-4-5-9(2)7-10/h4-8H,3H2,1-2H3,(H2,14,15,16). The summed E-state index contributed by atoms with van der Waals surface area (Å²) in [6.07, 6.45) is 0.867. The number of aromatic nitrogens is 2. The zero-order chi connectivity index (χ0) is 11.5. The Bertz CT molecular complexity index is 506. The number of hydrogen-bond donors (Lipinski definition) is 1. The van der Waals surface area contributed by atoms with E-state index in [4.69, 9.17) is 5.73 Å². The maximum absolute atomic E-state index is 5.76. The lowest BCUT2D eigenvalue weighted by Crippen LogP contribution is -1.99. The molecule has 0 aliphatic rings. The molecule has 2 N–H and O–H groups in total. The number of anilines is 1. The summed E-state index contributed by atoms with van der Waals surface area (Å²) in [6, 6.07) is 9.94. The lowest BCUT2D eigenvalue weighted by Gasteiger charge is -2.05. The summed E-state index contributed by atoms with van der Waals surface area (Å²) in [5.74, 6) is 1.24. The summed E-state index contributed by atoms with van der Waals surface area (Å²) >= 11 is 0. The molecule has 0 aliphatic carbocycles. The van der Waals surface area contributed by atoms with Crippen molar-refractivity contribution >= 4 is 5.82 Å². The van der Waals surface area contributed by atoms with Crippen LogP contribution in [0.25, 0.3) is 11.4 Å². The van der Waals surface area contributed by atoms with Crippen molar-refractivity contribution in [3.05, 3.63) is 41.6 Å². The Balaban J connectivity index is 2.51. The summed E-state index contributed by atoms with van der Waals surface area (Å²) < 4.78 is 0. The minimum absolute atomic E-state index is 0.531. The number of nitrogens with zero attached hydrogens (tertiary/aromatic N) is 2. The molecule has 1 aromatic carbocycles. The van der Waals surface area contributed by atoms with Crippen LogP contribution >= 0.6 is 0 Å². The monoisotopic (exact) mass is 213 g/mol. The zero-order valence-corrected chi connectivity index (χ0v) is 9.57. The largest absolute Gasteiger partial charge is 0.384 e. The van der Waals surface area contributed by atoms with Crippen LogP contribution in [0.4, 0.5) is 5.82 Å². The van der Waals surface area contributed by atoms with Crippen molar-refractivity contribution in [2.45, 2.75) is 20.3 Å². The molecule has 1 aromatic heterocycles. The highest BCUT2D eigenvalue weighted by Crippen LogP contribution is 2.18. The summed E-state index contributed by atoms with van der Waals surface area (Å²) in [5, 5.41) is 0. The van der Waals surface area contributed by atoms with E-state index in [1.165, 1.54) is 5.56 Å². The normalized spacial score (nSPS) is 10.4. The van der Waals surface area contributed by atoms with Gasteiger partial charge in [0, 0.05) is 17.3 Å². The van der Waals surface area contributed by atoms with Gasteiger partial charge in [-0.15, -0.1) is 0 Å². The summed E-state index contributed by atoms with van der Waals surface area (Å²) in [4.78, 5) is 8.73. The molecule has 2 aromatic rings. The SMILES string of the molecule is CCc1cc(N)nc(-c2cccc(C)c2)n1. The van der Waals surface area contributed by atoms with Crippen molar-refractivity contribution in [3.8, 4) is 11.4 Å². The maximum Gasteiger partial charge on any atom is 0.161 e. The predicted molar refractivity (Wildman–Crippen MR) is 66.0 cm³/mol. The van der Waals surface area contributed by atoms with Crippen molar-refractivity contribution < 1.29 is 0 Å². The first-order valence-electron chi connectivity index (χ1n) is 5.39. The van der Waals surface area contributed by atoms with Crippen LogP contribution in [0.1, 0.15) is 18.2 Å². The van der Waals surface area contributed by atoms with E-state index >= 15 is 0 Å². The summed E-state index contributed by atoms with van der Waals surface area (Å²) in [5.41, 5.74) is 8.95. The van der Waals surface area contributed by atoms with Crippen molar-refractivity contribution in [3.63, 3.8) is 0 Å². The van der Waals surface area contributed by atoms with Gasteiger partial charge in [0.15, 0.2) is 5.82 Å². The van der Waals surface area contributed by atoms with Crippen molar-refractivity contribution in [1.29, 1.82) is 0 Å². The smallest absolute Gasteiger partial charge is 0.161 e. The fraction of sp³-hybridized carbons (Fsp3) is 0.231. The average molecular weight is 213 g/mol. The van der Waals surface area contributed by atoms with Gasteiger partial charge in [0.1, 0.15) is 5.82 Å². The number of nitrogens with two attached hydrogens (primary N) is 1. The van der Waals surface area contributed by atoms with Crippen LogP contribution in [-0.2, 0) is 6.42 Å². The van der Waals surface area contributed by atoms with Crippen LogP contribution in [0, 0.1) is 6.92 Å². The van der Waals surface area contributed by atoms with Crippen LogP contribution in [0.15, 0.2) is 30.3 Å².